The Labute approximate surface area is 144 Å². The summed E-state index contributed by atoms with van der Waals surface area (Å²) in [5, 5.41) is 14.7. The molecule has 0 atom stereocenters. The Morgan fingerprint density at radius 2 is 1.84 bits per heavy atom. The van der Waals surface area contributed by atoms with Gasteiger partial charge in [-0.05, 0) is 42.0 Å². The Morgan fingerprint density at radius 1 is 1.08 bits per heavy atom. The summed E-state index contributed by atoms with van der Waals surface area (Å²) >= 11 is 0. The van der Waals surface area contributed by atoms with Gasteiger partial charge in [-0.1, -0.05) is 0 Å². The third-order valence-electron chi connectivity index (χ3n) is 3.39. The van der Waals surface area contributed by atoms with Gasteiger partial charge in [-0.15, -0.1) is 0 Å². The van der Waals surface area contributed by atoms with Crippen LogP contribution in [0.25, 0.3) is 0 Å². The Balaban J connectivity index is 1.65. The molecule has 0 saturated heterocycles. The zero-order valence-corrected chi connectivity index (χ0v) is 13.2. The summed E-state index contributed by atoms with van der Waals surface area (Å²) in [6.07, 6.45) is 4.77. The van der Waals surface area contributed by atoms with E-state index in [0.717, 1.165) is 5.56 Å². The Bertz CT molecular complexity index is 903. The molecule has 0 saturated carbocycles. The maximum absolute atomic E-state index is 12.3. The largest absolute Gasteiger partial charge is 0.366 e. The highest BCUT2D eigenvalue weighted by Gasteiger charge is 2.09. The number of anilines is 2. The first-order valence-electron chi connectivity index (χ1n) is 7.51. The number of pyridine rings is 1. The van der Waals surface area contributed by atoms with E-state index in [-0.39, 0.29) is 11.6 Å². The lowest BCUT2D eigenvalue weighted by Gasteiger charge is -2.08. The smallest absolute Gasteiger partial charge is 0.274 e. The Morgan fingerprint density at radius 3 is 2.56 bits per heavy atom. The number of hydrogen-bond acceptors (Lipinski definition) is 6. The van der Waals surface area contributed by atoms with E-state index < -0.39 is 0 Å². The van der Waals surface area contributed by atoms with Crippen LogP contribution in [0.5, 0.6) is 0 Å². The van der Waals surface area contributed by atoms with Crippen molar-refractivity contribution in [3.8, 4) is 6.07 Å². The normalized spacial score (nSPS) is 9.88. The molecule has 0 radical (unpaired) electrons. The van der Waals surface area contributed by atoms with Gasteiger partial charge in [0.05, 0.1) is 11.6 Å². The molecule has 3 aromatic rings. The zero-order valence-electron chi connectivity index (χ0n) is 13.2. The van der Waals surface area contributed by atoms with Gasteiger partial charge in [0.15, 0.2) is 0 Å². The highest BCUT2D eigenvalue weighted by Crippen LogP contribution is 2.12. The molecule has 2 aromatic heterocycles. The number of carbonyl (C=O) groups excluding carboxylic acids is 1. The molecule has 0 fully saturated rings. The maximum Gasteiger partial charge on any atom is 0.274 e. The predicted molar refractivity (Wildman–Crippen MR) is 92.7 cm³/mol. The SMILES string of the molecule is N#Cc1ccc(NC(=O)c2cc(NCc3ccncc3)ncn2)cc1. The molecule has 25 heavy (non-hydrogen) atoms. The van der Waals surface area contributed by atoms with Crippen molar-refractivity contribution in [3.05, 3.63) is 78.0 Å². The molecule has 3 rings (SSSR count). The van der Waals surface area contributed by atoms with Crippen LogP contribution in [-0.2, 0) is 6.54 Å². The molecule has 0 spiro atoms. The lowest BCUT2D eigenvalue weighted by Crippen LogP contribution is -2.14. The minimum Gasteiger partial charge on any atom is -0.366 e. The number of nitriles is 1. The van der Waals surface area contributed by atoms with Crippen molar-refractivity contribution in [2.24, 2.45) is 0 Å². The zero-order chi connectivity index (χ0) is 17.5. The van der Waals surface area contributed by atoms with Crippen molar-refractivity contribution >= 4 is 17.4 Å². The van der Waals surface area contributed by atoms with E-state index in [2.05, 4.69) is 25.6 Å². The molecular formula is C18H14N6O. The van der Waals surface area contributed by atoms with Crippen LogP contribution in [0.3, 0.4) is 0 Å². The van der Waals surface area contributed by atoms with Crippen LogP contribution < -0.4 is 10.6 Å². The van der Waals surface area contributed by atoms with Gasteiger partial charge < -0.3 is 10.6 Å². The number of aromatic nitrogens is 3. The van der Waals surface area contributed by atoms with Gasteiger partial charge in [-0.3, -0.25) is 9.78 Å². The van der Waals surface area contributed by atoms with Crippen LogP contribution in [0.1, 0.15) is 21.6 Å². The van der Waals surface area contributed by atoms with Gasteiger partial charge >= 0.3 is 0 Å². The molecule has 2 N–H and O–H groups in total. The molecule has 0 aliphatic rings. The third kappa shape index (κ3) is 4.36. The number of nitrogens with one attached hydrogen (secondary N) is 2. The molecule has 122 valence electrons. The summed E-state index contributed by atoms with van der Waals surface area (Å²) in [7, 11) is 0. The molecule has 7 heteroatoms. The summed E-state index contributed by atoms with van der Waals surface area (Å²) in [5.41, 5.74) is 2.42. The second-order valence-corrected chi connectivity index (χ2v) is 5.14. The maximum atomic E-state index is 12.3. The molecule has 1 aromatic carbocycles. The molecule has 2 heterocycles. The Kier molecular flexibility index (Phi) is 4.93. The number of rotatable bonds is 5. The minimum atomic E-state index is -0.348. The number of nitrogens with zero attached hydrogens (tertiary/aromatic N) is 4. The highest BCUT2D eigenvalue weighted by atomic mass is 16.1. The first-order valence-corrected chi connectivity index (χ1v) is 7.51. The van der Waals surface area contributed by atoms with Crippen molar-refractivity contribution in [3.63, 3.8) is 0 Å². The van der Waals surface area contributed by atoms with Gasteiger partial charge in [0.2, 0.25) is 0 Å². The van der Waals surface area contributed by atoms with Crippen LogP contribution in [0, 0.1) is 11.3 Å². The average molecular weight is 330 g/mol. The fourth-order valence-corrected chi connectivity index (χ4v) is 2.09. The van der Waals surface area contributed by atoms with Gasteiger partial charge in [-0.2, -0.15) is 5.26 Å². The highest BCUT2D eigenvalue weighted by molar-refractivity contribution is 6.03. The summed E-state index contributed by atoms with van der Waals surface area (Å²) in [6.45, 7) is 0.566. The molecule has 0 aliphatic carbocycles. The van der Waals surface area contributed by atoms with Crippen molar-refractivity contribution in [1.29, 1.82) is 5.26 Å². The predicted octanol–water partition coefficient (Wildman–Crippen LogP) is 2.61. The number of amides is 1. The van der Waals surface area contributed by atoms with E-state index in [9.17, 15) is 4.79 Å². The third-order valence-corrected chi connectivity index (χ3v) is 3.39. The van der Waals surface area contributed by atoms with E-state index in [1.165, 1.54) is 6.33 Å². The molecule has 0 aliphatic heterocycles. The van der Waals surface area contributed by atoms with Gasteiger partial charge in [0.25, 0.3) is 5.91 Å². The first kappa shape index (κ1) is 16.1. The molecule has 0 unspecified atom stereocenters. The van der Waals surface area contributed by atoms with Crippen LogP contribution >= 0.6 is 0 Å². The number of hydrogen-bond donors (Lipinski definition) is 2. The van der Waals surface area contributed by atoms with Gasteiger partial charge in [-0.25, -0.2) is 9.97 Å². The van der Waals surface area contributed by atoms with Crippen molar-refractivity contribution in [1.82, 2.24) is 15.0 Å². The van der Waals surface area contributed by atoms with Gasteiger partial charge in [0, 0.05) is 30.7 Å². The minimum absolute atomic E-state index is 0.247. The lowest BCUT2D eigenvalue weighted by molar-refractivity contribution is 0.102. The van der Waals surface area contributed by atoms with Gasteiger partial charge in [0.1, 0.15) is 17.8 Å². The van der Waals surface area contributed by atoms with Crippen molar-refractivity contribution in [2.75, 3.05) is 10.6 Å². The molecule has 1 amide bonds. The van der Waals surface area contributed by atoms with E-state index in [1.807, 2.05) is 18.2 Å². The van der Waals surface area contributed by atoms with Crippen LogP contribution in [0.4, 0.5) is 11.5 Å². The first-order chi connectivity index (χ1) is 12.2. The van der Waals surface area contributed by atoms with E-state index in [1.54, 1.807) is 42.7 Å². The van der Waals surface area contributed by atoms with Crippen LogP contribution in [0.15, 0.2) is 61.2 Å². The number of benzene rings is 1. The topological polar surface area (TPSA) is 104 Å². The van der Waals surface area contributed by atoms with E-state index in [4.69, 9.17) is 5.26 Å². The van der Waals surface area contributed by atoms with Crippen LogP contribution in [-0.4, -0.2) is 20.9 Å². The molecule has 0 bridgehead atoms. The monoisotopic (exact) mass is 330 g/mol. The summed E-state index contributed by atoms with van der Waals surface area (Å²) in [5.74, 6) is 0.204. The molecule has 7 nitrogen and oxygen atoms in total. The summed E-state index contributed by atoms with van der Waals surface area (Å²) < 4.78 is 0. The summed E-state index contributed by atoms with van der Waals surface area (Å²) in [6, 6.07) is 14.0. The quantitative estimate of drug-likeness (QED) is 0.745. The Hall–Kier alpha value is -3.79. The van der Waals surface area contributed by atoms with Crippen LogP contribution in [0.2, 0.25) is 0 Å². The van der Waals surface area contributed by atoms with E-state index in [0.29, 0.717) is 23.6 Å². The molecular weight excluding hydrogens is 316 g/mol. The van der Waals surface area contributed by atoms with E-state index >= 15 is 0 Å². The second-order valence-electron chi connectivity index (χ2n) is 5.14. The summed E-state index contributed by atoms with van der Waals surface area (Å²) in [4.78, 5) is 24.4. The van der Waals surface area contributed by atoms with Crippen molar-refractivity contribution < 1.29 is 4.79 Å². The standard InChI is InChI=1S/C18H14N6O/c19-10-13-1-3-15(4-2-13)24-18(25)16-9-17(23-12-22-16)21-11-14-5-7-20-8-6-14/h1-9,12H,11H2,(H,24,25)(H,21,22,23). The fraction of sp³-hybridized carbons (Fsp3) is 0.0556. The number of carbonyl (C=O) groups is 1. The fourth-order valence-electron chi connectivity index (χ4n) is 2.09. The lowest BCUT2D eigenvalue weighted by atomic mass is 10.2. The average Bonchev–Trinajstić information content (AvgIpc) is 2.68. The van der Waals surface area contributed by atoms with Crippen molar-refractivity contribution in [2.45, 2.75) is 6.54 Å². The second kappa shape index (κ2) is 7.66.